The molecule has 3 aromatic rings. The Labute approximate surface area is 207 Å². The lowest BCUT2D eigenvalue weighted by molar-refractivity contribution is -0.122. The number of rotatable bonds is 8. The fourth-order valence-electron chi connectivity index (χ4n) is 3.44. The summed E-state index contributed by atoms with van der Waals surface area (Å²) in [5.41, 5.74) is 3.22. The van der Waals surface area contributed by atoms with Crippen molar-refractivity contribution in [3.8, 4) is 22.7 Å². The molecule has 0 atom stereocenters. The van der Waals surface area contributed by atoms with Crippen LogP contribution in [0, 0.1) is 0 Å². The average molecular weight is 500 g/mol. The van der Waals surface area contributed by atoms with Gasteiger partial charge in [-0.3, -0.25) is 9.69 Å². The second kappa shape index (κ2) is 10.5. The Balaban J connectivity index is 1.74. The molecule has 0 bridgehead atoms. The van der Waals surface area contributed by atoms with Gasteiger partial charge in [0.25, 0.3) is 5.91 Å². The summed E-state index contributed by atoms with van der Waals surface area (Å²) in [4.78, 5) is 15.2. The Hall–Kier alpha value is -2.65. The van der Waals surface area contributed by atoms with E-state index in [4.69, 9.17) is 38.4 Å². The summed E-state index contributed by atoms with van der Waals surface area (Å²) in [5, 5.41) is 5.29. The average Bonchev–Trinajstić information content (AvgIpc) is 3.36. The summed E-state index contributed by atoms with van der Waals surface area (Å²) in [6, 6.07) is 15.3. The smallest absolute Gasteiger partial charge is 0.266 e. The van der Waals surface area contributed by atoms with Crippen molar-refractivity contribution in [2.45, 2.75) is 6.42 Å². The van der Waals surface area contributed by atoms with Gasteiger partial charge in [0.2, 0.25) is 0 Å². The molecule has 2 aromatic carbocycles. The van der Waals surface area contributed by atoms with Crippen LogP contribution < -0.4 is 4.74 Å². The van der Waals surface area contributed by atoms with Gasteiger partial charge in [-0.15, -0.1) is 0 Å². The molecule has 2 heterocycles. The molecule has 0 unspecified atom stereocenters. The Bertz CT molecular complexity index is 1210. The standard InChI is InChI=1S/C24H22ClN3O3S2/c1-30-12-6-11-27-23(29)21(33-24(27)32)14-17-15-28(18-7-4-3-5-8-18)26-22(17)16-9-10-20(31-2)19(25)13-16/h3-5,7-10,13-15H,6,11-12H2,1-2H3/b21-14-. The van der Waals surface area contributed by atoms with Crippen molar-refractivity contribution in [2.75, 3.05) is 27.4 Å². The van der Waals surface area contributed by atoms with Gasteiger partial charge in [0, 0.05) is 37.6 Å². The molecule has 0 spiro atoms. The number of carbonyl (C=O) groups excluding carboxylic acids is 1. The molecule has 6 nitrogen and oxygen atoms in total. The van der Waals surface area contributed by atoms with Gasteiger partial charge in [-0.2, -0.15) is 5.10 Å². The molecular weight excluding hydrogens is 478 g/mol. The number of ether oxygens (including phenoxy) is 2. The van der Waals surface area contributed by atoms with Crippen molar-refractivity contribution in [1.82, 2.24) is 14.7 Å². The van der Waals surface area contributed by atoms with Crippen molar-refractivity contribution in [1.29, 1.82) is 0 Å². The number of hydrogen-bond acceptors (Lipinski definition) is 6. The molecule has 1 aliphatic heterocycles. The van der Waals surface area contributed by atoms with Crippen LogP contribution in [0.1, 0.15) is 12.0 Å². The number of aromatic nitrogens is 2. The highest BCUT2D eigenvalue weighted by atomic mass is 35.5. The molecule has 33 heavy (non-hydrogen) atoms. The molecule has 1 saturated heterocycles. The second-order valence-electron chi connectivity index (χ2n) is 7.24. The van der Waals surface area contributed by atoms with E-state index in [1.807, 2.05) is 54.7 Å². The molecule has 0 radical (unpaired) electrons. The van der Waals surface area contributed by atoms with E-state index in [1.54, 1.807) is 29.9 Å². The highest BCUT2D eigenvalue weighted by molar-refractivity contribution is 8.26. The normalized spacial score (nSPS) is 15.0. The maximum atomic E-state index is 13.0. The molecule has 0 aliphatic carbocycles. The van der Waals surface area contributed by atoms with Crippen molar-refractivity contribution >= 4 is 51.9 Å². The van der Waals surface area contributed by atoms with E-state index >= 15 is 0 Å². The molecular formula is C24H22ClN3O3S2. The fraction of sp³-hybridized carbons (Fsp3) is 0.208. The minimum atomic E-state index is -0.104. The Morgan fingerprint density at radius 3 is 2.67 bits per heavy atom. The van der Waals surface area contributed by atoms with E-state index < -0.39 is 0 Å². The zero-order valence-electron chi connectivity index (χ0n) is 18.2. The van der Waals surface area contributed by atoms with Crippen LogP contribution in [-0.4, -0.2) is 52.3 Å². The minimum absolute atomic E-state index is 0.104. The highest BCUT2D eigenvalue weighted by Gasteiger charge is 2.32. The van der Waals surface area contributed by atoms with Crippen LogP contribution in [0.25, 0.3) is 23.0 Å². The maximum Gasteiger partial charge on any atom is 0.266 e. The van der Waals surface area contributed by atoms with E-state index in [2.05, 4.69) is 0 Å². The van der Waals surface area contributed by atoms with Gasteiger partial charge in [0.05, 0.1) is 22.7 Å². The number of halogens is 1. The van der Waals surface area contributed by atoms with Crippen LogP contribution in [0.15, 0.2) is 59.6 Å². The third-order valence-electron chi connectivity index (χ3n) is 5.08. The highest BCUT2D eigenvalue weighted by Crippen LogP contribution is 2.36. The predicted octanol–water partition coefficient (Wildman–Crippen LogP) is 5.44. The van der Waals surface area contributed by atoms with Gasteiger partial charge in [-0.1, -0.05) is 53.8 Å². The third kappa shape index (κ3) is 5.14. The Morgan fingerprint density at radius 2 is 1.97 bits per heavy atom. The summed E-state index contributed by atoms with van der Waals surface area (Å²) in [6.07, 6.45) is 4.47. The number of benzene rings is 2. The number of amides is 1. The molecule has 170 valence electrons. The van der Waals surface area contributed by atoms with Gasteiger partial charge < -0.3 is 9.47 Å². The van der Waals surface area contributed by atoms with E-state index in [9.17, 15) is 4.79 Å². The Morgan fingerprint density at radius 1 is 1.18 bits per heavy atom. The number of methoxy groups -OCH3 is 2. The minimum Gasteiger partial charge on any atom is -0.495 e. The molecule has 0 N–H and O–H groups in total. The van der Waals surface area contributed by atoms with Gasteiger partial charge in [-0.25, -0.2) is 4.68 Å². The number of carbonyl (C=O) groups is 1. The quantitative estimate of drug-likeness (QED) is 0.234. The van der Waals surface area contributed by atoms with Gasteiger partial charge in [-0.05, 0) is 42.8 Å². The number of para-hydroxylation sites is 1. The van der Waals surface area contributed by atoms with Crippen molar-refractivity contribution in [3.05, 3.63) is 70.2 Å². The first kappa shape index (κ1) is 23.5. The third-order valence-corrected chi connectivity index (χ3v) is 6.75. The lowest BCUT2D eigenvalue weighted by Gasteiger charge is -2.13. The van der Waals surface area contributed by atoms with Crippen LogP contribution in [0.3, 0.4) is 0 Å². The summed E-state index contributed by atoms with van der Waals surface area (Å²) < 4.78 is 12.7. The first-order chi connectivity index (χ1) is 16.0. The van der Waals surface area contributed by atoms with E-state index in [-0.39, 0.29) is 5.91 Å². The van der Waals surface area contributed by atoms with E-state index in [0.29, 0.717) is 38.8 Å². The van der Waals surface area contributed by atoms with Crippen LogP contribution in [0.4, 0.5) is 0 Å². The zero-order valence-corrected chi connectivity index (χ0v) is 20.5. The molecule has 1 fully saturated rings. The molecule has 1 amide bonds. The molecule has 4 rings (SSSR count). The molecule has 1 aliphatic rings. The first-order valence-corrected chi connectivity index (χ1v) is 11.9. The van der Waals surface area contributed by atoms with Gasteiger partial charge >= 0.3 is 0 Å². The van der Waals surface area contributed by atoms with Gasteiger partial charge in [0.1, 0.15) is 15.8 Å². The number of thiocarbonyl (C=S) groups is 1. The van der Waals surface area contributed by atoms with E-state index in [1.165, 1.54) is 11.8 Å². The Kier molecular flexibility index (Phi) is 7.49. The second-order valence-corrected chi connectivity index (χ2v) is 9.33. The summed E-state index contributed by atoms with van der Waals surface area (Å²) in [6.45, 7) is 1.10. The largest absolute Gasteiger partial charge is 0.495 e. The molecule has 9 heteroatoms. The van der Waals surface area contributed by atoms with Crippen molar-refractivity contribution in [3.63, 3.8) is 0 Å². The predicted molar refractivity (Wildman–Crippen MR) is 137 cm³/mol. The summed E-state index contributed by atoms with van der Waals surface area (Å²) in [5.74, 6) is 0.480. The lowest BCUT2D eigenvalue weighted by Crippen LogP contribution is -2.29. The van der Waals surface area contributed by atoms with Crippen LogP contribution in [-0.2, 0) is 9.53 Å². The molecule has 1 aromatic heterocycles. The molecule has 0 saturated carbocycles. The van der Waals surface area contributed by atoms with E-state index in [0.717, 1.165) is 23.2 Å². The lowest BCUT2D eigenvalue weighted by atomic mass is 10.1. The first-order valence-electron chi connectivity index (χ1n) is 10.2. The fourth-order valence-corrected chi connectivity index (χ4v) is 5.00. The van der Waals surface area contributed by atoms with Crippen molar-refractivity contribution < 1.29 is 14.3 Å². The summed E-state index contributed by atoms with van der Waals surface area (Å²) >= 11 is 13.1. The monoisotopic (exact) mass is 499 g/mol. The van der Waals surface area contributed by atoms with Crippen LogP contribution in [0.2, 0.25) is 5.02 Å². The SMILES string of the molecule is COCCCN1C(=O)/C(=C/c2cn(-c3ccccc3)nc2-c2ccc(OC)c(Cl)c2)SC1=S. The number of thioether (sulfide) groups is 1. The summed E-state index contributed by atoms with van der Waals surface area (Å²) in [7, 11) is 3.21. The zero-order chi connectivity index (χ0) is 23.4. The van der Waals surface area contributed by atoms with Crippen molar-refractivity contribution in [2.24, 2.45) is 0 Å². The number of nitrogens with zero attached hydrogens (tertiary/aromatic N) is 3. The maximum absolute atomic E-state index is 13.0. The van der Waals surface area contributed by atoms with Crippen LogP contribution >= 0.6 is 35.6 Å². The van der Waals surface area contributed by atoms with Crippen LogP contribution in [0.5, 0.6) is 5.75 Å². The topological polar surface area (TPSA) is 56.6 Å². The van der Waals surface area contributed by atoms with Gasteiger partial charge in [0.15, 0.2) is 0 Å². The number of hydrogen-bond donors (Lipinski definition) is 0.